The second-order valence-electron chi connectivity index (χ2n) is 6.11. The van der Waals surface area contributed by atoms with Crippen molar-refractivity contribution in [2.24, 2.45) is 0 Å². The van der Waals surface area contributed by atoms with Gasteiger partial charge in [0.15, 0.2) is 6.61 Å². The van der Waals surface area contributed by atoms with Gasteiger partial charge in [0.1, 0.15) is 11.2 Å². The largest absolute Gasteiger partial charge is 0.467 e. The normalized spacial score (nSPS) is 13.0. The molecule has 2 heterocycles. The number of ether oxygens (including phenoxy) is 1. The van der Waals surface area contributed by atoms with E-state index in [-0.39, 0.29) is 12.5 Å². The van der Waals surface area contributed by atoms with Crippen LogP contribution in [0.25, 0.3) is 10.2 Å². The van der Waals surface area contributed by atoms with E-state index in [0.29, 0.717) is 5.88 Å². The highest BCUT2D eigenvalue weighted by Gasteiger charge is 2.22. The van der Waals surface area contributed by atoms with Crippen LogP contribution in [0.2, 0.25) is 0 Å². The molecule has 5 nitrogen and oxygen atoms in total. The van der Waals surface area contributed by atoms with E-state index >= 15 is 0 Å². The first-order valence-electron chi connectivity index (χ1n) is 8.51. The molecule has 3 aromatic rings. The van der Waals surface area contributed by atoms with Gasteiger partial charge in [-0.15, -0.1) is 11.3 Å². The van der Waals surface area contributed by atoms with Crippen molar-refractivity contribution in [3.05, 3.63) is 46.6 Å². The third-order valence-electron chi connectivity index (χ3n) is 4.43. The molecule has 1 aromatic carbocycles. The van der Waals surface area contributed by atoms with Gasteiger partial charge in [0.05, 0.1) is 5.39 Å². The van der Waals surface area contributed by atoms with Crippen LogP contribution in [0.4, 0.5) is 5.69 Å². The Morgan fingerprint density at radius 3 is 3.12 bits per heavy atom. The fourth-order valence-electron chi connectivity index (χ4n) is 3.21. The summed E-state index contributed by atoms with van der Waals surface area (Å²) < 4.78 is 5.74. The van der Waals surface area contributed by atoms with Gasteiger partial charge in [-0.1, -0.05) is 19.1 Å². The summed E-state index contributed by atoms with van der Waals surface area (Å²) in [4.78, 5) is 23.1. The molecular formula is C19H19N3O2S. The highest BCUT2D eigenvalue weighted by atomic mass is 32.1. The van der Waals surface area contributed by atoms with Gasteiger partial charge < -0.3 is 10.1 Å². The predicted molar refractivity (Wildman–Crippen MR) is 99.4 cm³/mol. The number of hydrogen-bond donors (Lipinski definition) is 1. The molecule has 128 valence electrons. The maximum absolute atomic E-state index is 12.2. The van der Waals surface area contributed by atoms with Crippen molar-refractivity contribution in [1.29, 1.82) is 0 Å². The molecule has 1 N–H and O–H groups in total. The van der Waals surface area contributed by atoms with Crippen LogP contribution in [0.3, 0.4) is 0 Å². The van der Waals surface area contributed by atoms with Crippen LogP contribution in [-0.2, 0) is 24.1 Å². The van der Waals surface area contributed by atoms with Crippen molar-refractivity contribution in [3.8, 4) is 5.88 Å². The highest BCUT2D eigenvalue weighted by Crippen LogP contribution is 2.39. The van der Waals surface area contributed by atoms with Crippen LogP contribution in [0.1, 0.15) is 29.3 Å². The fraction of sp³-hybridized carbons (Fsp3) is 0.316. The van der Waals surface area contributed by atoms with Crippen molar-refractivity contribution >= 4 is 33.1 Å². The number of amides is 1. The zero-order valence-corrected chi connectivity index (χ0v) is 14.9. The first-order chi connectivity index (χ1) is 12.2. The van der Waals surface area contributed by atoms with Crippen LogP contribution in [0, 0.1) is 0 Å². The Kier molecular flexibility index (Phi) is 4.36. The Morgan fingerprint density at radius 2 is 2.24 bits per heavy atom. The van der Waals surface area contributed by atoms with E-state index < -0.39 is 0 Å². The smallest absolute Gasteiger partial charge is 0.262 e. The van der Waals surface area contributed by atoms with E-state index in [4.69, 9.17) is 4.74 Å². The zero-order valence-electron chi connectivity index (χ0n) is 14.0. The third-order valence-corrected chi connectivity index (χ3v) is 5.63. The summed E-state index contributed by atoms with van der Waals surface area (Å²) in [5.74, 6) is 0.328. The van der Waals surface area contributed by atoms with Crippen molar-refractivity contribution in [2.45, 2.75) is 32.6 Å². The second-order valence-corrected chi connectivity index (χ2v) is 7.19. The molecule has 25 heavy (non-hydrogen) atoms. The second kappa shape index (κ2) is 6.80. The lowest BCUT2D eigenvalue weighted by atomic mass is 10.1. The molecule has 4 rings (SSSR count). The number of thiophene rings is 1. The number of carbonyl (C=O) groups is 1. The molecule has 1 amide bonds. The summed E-state index contributed by atoms with van der Waals surface area (Å²) >= 11 is 1.71. The Labute approximate surface area is 150 Å². The van der Waals surface area contributed by atoms with Gasteiger partial charge in [-0.05, 0) is 48.9 Å². The summed E-state index contributed by atoms with van der Waals surface area (Å²) in [6.07, 6.45) is 5.74. The summed E-state index contributed by atoms with van der Waals surface area (Å²) in [7, 11) is 0. The molecule has 1 aliphatic rings. The van der Waals surface area contributed by atoms with Crippen LogP contribution in [0.5, 0.6) is 5.88 Å². The summed E-state index contributed by atoms with van der Waals surface area (Å²) in [5.41, 5.74) is 3.27. The monoisotopic (exact) mass is 353 g/mol. The van der Waals surface area contributed by atoms with Gasteiger partial charge in [-0.3, -0.25) is 4.79 Å². The fourth-order valence-corrected chi connectivity index (χ4v) is 4.43. The van der Waals surface area contributed by atoms with Crippen molar-refractivity contribution < 1.29 is 9.53 Å². The first kappa shape index (κ1) is 16.0. The molecule has 2 aromatic heterocycles. The maximum atomic E-state index is 12.2. The first-order valence-corrected chi connectivity index (χ1v) is 9.33. The number of aryl methyl sites for hydroxylation is 3. The molecule has 6 heteroatoms. The Bertz CT molecular complexity index is 936. The molecule has 0 aliphatic heterocycles. The average Bonchev–Trinajstić information content (AvgIpc) is 3.21. The van der Waals surface area contributed by atoms with E-state index in [0.717, 1.165) is 35.2 Å². The molecule has 0 unspecified atom stereocenters. The number of fused-ring (bicyclic) bond motifs is 3. The van der Waals surface area contributed by atoms with Gasteiger partial charge in [0.2, 0.25) is 5.88 Å². The van der Waals surface area contributed by atoms with E-state index in [1.165, 1.54) is 28.8 Å². The van der Waals surface area contributed by atoms with Crippen LogP contribution in [0.15, 0.2) is 30.6 Å². The molecular weight excluding hydrogens is 334 g/mol. The lowest BCUT2D eigenvalue weighted by Crippen LogP contribution is -2.20. The van der Waals surface area contributed by atoms with Gasteiger partial charge >= 0.3 is 0 Å². The maximum Gasteiger partial charge on any atom is 0.262 e. The van der Waals surface area contributed by atoms with Crippen molar-refractivity contribution in [3.63, 3.8) is 0 Å². The van der Waals surface area contributed by atoms with E-state index in [9.17, 15) is 4.79 Å². The number of hydrogen-bond acceptors (Lipinski definition) is 5. The number of aromatic nitrogens is 2. The van der Waals surface area contributed by atoms with Gasteiger partial charge in [-0.25, -0.2) is 9.97 Å². The zero-order chi connectivity index (χ0) is 17.2. The molecule has 0 spiro atoms. The topological polar surface area (TPSA) is 64.1 Å². The molecule has 0 atom stereocenters. The number of carbonyl (C=O) groups excluding carboxylic acids is 1. The minimum Gasteiger partial charge on any atom is -0.467 e. The molecule has 0 radical (unpaired) electrons. The third kappa shape index (κ3) is 3.22. The number of rotatable bonds is 5. The summed E-state index contributed by atoms with van der Waals surface area (Å²) in [6, 6.07) is 7.84. The van der Waals surface area contributed by atoms with E-state index in [1.807, 2.05) is 24.3 Å². The van der Waals surface area contributed by atoms with Crippen molar-refractivity contribution in [2.75, 3.05) is 11.9 Å². The highest BCUT2D eigenvalue weighted by molar-refractivity contribution is 7.18. The summed E-state index contributed by atoms with van der Waals surface area (Å²) in [6.45, 7) is 2.02. The predicted octanol–water partition coefficient (Wildman–Crippen LogP) is 3.76. The van der Waals surface area contributed by atoms with Gasteiger partial charge in [-0.2, -0.15) is 0 Å². The lowest BCUT2D eigenvalue weighted by Gasteiger charge is -2.09. The van der Waals surface area contributed by atoms with E-state index in [2.05, 4.69) is 22.2 Å². The van der Waals surface area contributed by atoms with Crippen LogP contribution >= 0.6 is 11.3 Å². The Morgan fingerprint density at radius 1 is 1.32 bits per heavy atom. The molecule has 0 fully saturated rings. The van der Waals surface area contributed by atoms with Crippen molar-refractivity contribution in [1.82, 2.24) is 9.97 Å². The van der Waals surface area contributed by atoms with Crippen LogP contribution in [-0.4, -0.2) is 22.5 Å². The Balaban J connectivity index is 1.48. The number of nitrogens with zero attached hydrogens (tertiary/aromatic N) is 2. The molecule has 0 saturated carbocycles. The lowest BCUT2D eigenvalue weighted by molar-refractivity contribution is -0.118. The van der Waals surface area contributed by atoms with E-state index in [1.54, 1.807) is 11.3 Å². The standard InChI is InChI=1S/C19H19N3O2S/c1-2-12-5-3-6-13(9-12)22-16(23)10-24-18-17-14-7-4-8-15(14)25-19(17)21-11-20-18/h3,5-6,9,11H,2,4,7-8,10H2,1H3,(H,22,23). The number of nitrogens with one attached hydrogen (secondary N) is 1. The van der Waals surface area contributed by atoms with Gasteiger partial charge in [0, 0.05) is 10.6 Å². The average molecular weight is 353 g/mol. The van der Waals surface area contributed by atoms with Crippen LogP contribution < -0.4 is 10.1 Å². The minimum atomic E-state index is -0.188. The SMILES string of the molecule is CCc1cccc(NC(=O)COc2ncnc3sc4c(c23)CCC4)c1. The number of benzene rings is 1. The molecule has 0 bridgehead atoms. The quantitative estimate of drug-likeness (QED) is 0.758. The summed E-state index contributed by atoms with van der Waals surface area (Å²) in [5, 5.41) is 3.86. The Hall–Kier alpha value is -2.47. The molecule has 1 aliphatic carbocycles. The van der Waals surface area contributed by atoms with Gasteiger partial charge in [0.25, 0.3) is 5.91 Å². The number of anilines is 1. The minimum absolute atomic E-state index is 0.0624. The molecule has 0 saturated heterocycles.